The van der Waals surface area contributed by atoms with Gasteiger partial charge in [-0.15, -0.1) is 0 Å². The van der Waals surface area contributed by atoms with Crippen LogP contribution in [0, 0.1) is 63.0 Å². The number of nitrogens with zero attached hydrogens (tertiary/aromatic N) is 1. The first-order valence-electron chi connectivity index (χ1n) is 20.3. The number of esters is 1. The summed E-state index contributed by atoms with van der Waals surface area (Å²) in [6.07, 6.45) is 12.9. The fraction of sp³-hybridized carbons (Fsp3) is 0.791. The predicted molar refractivity (Wildman–Crippen MR) is 205 cm³/mol. The maximum atomic E-state index is 15.2. The summed E-state index contributed by atoms with van der Waals surface area (Å²) in [5.41, 5.74) is 2.48. The molecule has 0 radical (unpaired) electrons. The van der Waals surface area contributed by atoms with Crippen LogP contribution in [0.1, 0.15) is 115 Å². The van der Waals surface area contributed by atoms with Crippen molar-refractivity contribution >= 4 is 21.4 Å². The number of nitrogens with one attached hydrogen (secondary N) is 1. The van der Waals surface area contributed by atoms with Crippen molar-refractivity contribution in [3.8, 4) is 0 Å². The van der Waals surface area contributed by atoms with E-state index < -0.39 is 21.6 Å². The van der Waals surface area contributed by atoms with Crippen molar-refractivity contribution in [3.05, 3.63) is 41.2 Å². The molecule has 7 nitrogen and oxygen atoms in total. The number of carbonyl (C=O) groups excluding carboxylic acids is 1. The molecule has 6 aliphatic rings. The van der Waals surface area contributed by atoms with Crippen molar-refractivity contribution in [2.45, 2.75) is 105 Å². The highest BCUT2D eigenvalue weighted by molar-refractivity contribution is 7.91. The van der Waals surface area contributed by atoms with Gasteiger partial charge in [-0.05, 0) is 138 Å². The summed E-state index contributed by atoms with van der Waals surface area (Å²) in [5.74, 6) is 2.31. The van der Waals surface area contributed by atoms with Gasteiger partial charge in [-0.2, -0.15) is 0 Å². The number of methoxy groups -OCH3 is 1. The molecule has 0 amide bonds. The number of benzene rings is 1. The lowest BCUT2D eigenvalue weighted by atomic mass is 9.33. The van der Waals surface area contributed by atoms with Gasteiger partial charge in [0.05, 0.1) is 24.2 Å². The first-order valence-corrected chi connectivity index (χ1v) is 22.2. The van der Waals surface area contributed by atoms with Gasteiger partial charge in [0, 0.05) is 38.3 Å². The van der Waals surface area contributed by atoms with E-state index in [-0.39, 0.29) is 56.8 Å². The summed E-state index contributed by atoms with van der Waals surface area (Å²) in [6, 6.07) is 5.01. The SMILES string of the molecule is COC(=O)c1ccc(C2=CC[C@]3(C)[C@H]4CC[C@@H]5[C@H]6[C@H](C(C)CO)CC[C@]6(NCCN6CCS(=O)(=O)CC6)CC[C@@]5(C)[C@]4(C)CC[C@H]3C2(C)C)cc1F. The Balaban J connectivity index is 1.15. The van der Waals surface area contributed by atoms with E-state index >= 15 is 4.39 Å². The van der Waals surface area contributed by atoms with Gasteiger partial charge in [0.25, 0.3) is 0 Å². The third kappa shape index (κ3) is 5.87. The van der Waals surface area contributed by atoms with Crippen LogP contribution >= 0.6 is 0 Å². The molecule has 4 saturated carbocycles. The number of ether oxygens (including phenoxy) is 1. The molecule has 1 aromatic rings. The topological polar surface area (TPSA) is 95.9 Å². The average Bonchev–Trinajstić information content (AvgIpc) is 3.48. The van der Waals surface area contributed by atoms with E-state index in [4.69, 9.17) is 4.74 Å². The van der Waals surface area contributed by atoms with Crippen LogP contribution in [0.3, 0.4) is 0 Å². The van der Waals surface area contributed by atoms with Gasteiger partial charge in [-0.3, -0.25) is 0 Å². The lowest BCUT2D eigenvalue weighted by Crippen LogP contribution is -2.68. The minimum Gasteiger partial charge on any atom is -0.465 e. The molecule has 1 heterocycles. The summed E-state index contributed by atoms with van der Waals surface area (Å²) in [7, 11) is -1.61. The normalized spacial score (nSPS) is 41.5. The summed E-state index contributed by atoms with van der Waals surface area (Å²) < 4.78 is 44.1. The Kier molecular flexibility index (Phi) is 9.94. The first kappa shape index (κ1) is 38.5. The lowest BCUT2D eigenvalue weighted by molar-refractivity contribution is -0.221. The van der Waals surface area contributed by atoms with Gasteiger partial charge >= 0.3 is 5.97 Å². The molecule has 10 atom stereocenters. The molecule has 0 spiro atoms. The third-order valence-electron chi connectivity index (χ3n) is 17.1. The molecule has 9 heteroatoms. The Bertz CT molecular complexity index is 1680. The van der Waals surface area contributed by atoms with E-state index in [1.54, 1.807) is 6.07 Å². The van der Waals surface area contributed by atoms with Crippen molar-refractivity contribution < 1.29 is 27.4 Å². The Morgan fingerprint density at radius 1 is 1.00 bits per heavy atom. The zero-order valence-electron chi connectivity index (χ0n) is 32.9. The molecule has 0 bridgehead atoms. The van der Waals surface area contributed by atoms with Gasteiger partial charge < -0.3 is 20.1 Å². The van der Waals surface area contributed by atoms with Crippen molar-refractivity contribution in [1.29, 1.82) is 0 Å². The Morgan fingerprint density at radius 3 is 2.40 bits per heavy atom. The molecule has 5 fully saturated rings. The van der Waals surface area contributed by atoms with Gasteiger partial charge in [-0.1, -0.05) is 53.7 Å². The summed E-state index contributed by atoms with van der Waals surface area (Å²) in [4.78, 5) is 14.4. The van der Waals surface area contributed by atoms with Gasteiger partial charge in [-0.25, -0.2) is 17.6 Å². The molecule has 5 aliphatic carbocycles. The van der Waals surface area contributed by atoms with Crippen LogP contribution in [-0.2, 0) is 14.6 Å². The number of hydrogen-bond donors (Lipinski definition) is 2. The van der Waals surface area contributed by atoms with Gasteiger partial charge in [0.2, 0.25) is 0 Å². The molecule has 290 valence electrons. The lowest BCUT2D eigenvalue weighted by Gasteiger charge is -2.72. The molecule has 0 aromatic heterocycles. The first-order chi connectivity index (χ1) is 24.5. The molecule has 1 unspecified atom stereocenters. The number of allylic oxidation sites excluding steroid dienone is 2. The largest absolute Gasteiger partial charge is 0.465 e. The number of aliphatic hydroxyl groups excluding tert-OH is 1. The highest BCUT2D eigenvalue weighted by atomic mass is 32.2. The van der Waals surface area contributed by atoms with Crippen LogP contribution < -0.4 is 5.32 Å². The van der Waals surface area contributed by atoms with E-state index in [0.29, 0.717) is 42.7 Å². The summed E-state index contributed by atoms with van der Waals surface area (Å²) in [6.45, 7) is 18.2. The fourth-order valence-corrected chi connectivity index (χ4v) is 15.5. The molecule has 1 saturated heterocycles. The highest BCUT2D eigenvalue weighted by Crippen LogP contribution is 2.76. The maximum Gasteiger partial charge on any atom is 0.340 e. The van der Waals surface area contributed by atoms with Crippen molar-refractivity contribution in [2.75, 3.05) is 51.4 Å². The number of hydrogen-bond acceptors (Lipinski definition) is 7. The number of fused-ring (bicyclic) bond motifs is 7. The Morgan fingerprint density at radius 2 is 1.73 bits per heavy atom. The van der Waals surface area contributed by atoms with E-state index in [1.807, 2.05) is 6.07 Å². The van der Waals surface area contributed by atoms with E-state index in [9.17, 15) is 18.3 Å². The third-order valence-corrected chi connectivity index (χ3v) is 18.7. The quantitative estimate of drug-likeness (QED) is 0.269. The molecular formula is C43H65FN2O5S. The smallest absolute Gasteiger partial charge is 0.340 e. The number of sulfone groups is 1. The van der Waals surface area contributed by atoms with Crippen LogP contribution in [0.5, 0.6) is 0 Å². The Labute approximate surface area is 312 Å². The van der Waals surface area contributed by atoms with E-state index in [1.165, 1.54) is 50.9 Å². The van der Waals surface area contributed by atoms with Crippen molar-refractivity contribution in [2.24, 2.45) is 57.2 Å². The van der Waals surface area contributed by atoms with E-state index in [0.717, 1.165) is 44.3 Å². The monoisotopic (exact) mass is 740 g/mol. The molecule has 52 heavy (non-hydrogen) atoms. The van der Waals surface area contributed by atoms with Crippen molar-refractivity contribution in [3.63, 3.8) is 0 Å². The van der Waals surface area contributed by atoms with Gasteiger partial charge in [0.1, 0.15) is 5.82 Å². The van der Waals surface area contributed by atoms with Crippen LogP contribution in [0.25, 0.3) is 5.57 Å². The molecule has 2 N–H and O–H groups in total. The number of halogens is 1. The van der Waals surface area contributed by atoms with Crippen LogP contribution in [-0.4, -0.2) is 81.3 Å². The number of aliphatic hydroxyl groups is 1. The summed E-state index contributed by atoms with van der Waals surface area (Å²) >= 11 is 0. The fourth-order valence-electron chi connectivity index (χ4n) is 14.2. The second-order valence-electron chi connectivity index (χ2n) is 19.4. The average molecular weight is 741 g/mol. The van der Waals surface area contributed by atoms with Crippen LogP contribution in [0.2, 0.25) is 0 Å². The van der Waals surface area contributed by atoms with Crippen LogP contribution in [0.15, 0.2) is 24.3 Å². The second kappa shape index (κ2) is 13.4. The molecule has 1 aliphatic heterocycles. The highest BCUT2D eigenvalue weighted by Gasteiger charge is 2.70. The zero-order valence-corrected chi connectivity index (χ0v) is 33.7. The Hall–Kier alpha value is -1.81. The van der Waals surface area contributed by atoms with Gasteiger partial charge in [0.15, 0.2) is 9.84 Å². The van der Waals surface area contributed by atoms with Crippen LogP contribution in [0.4, 0.5) is 4.39 Å². The minimum absolute atomic E-state index is 0.0204. The molecule has 1 aromatic carbocycles. The minimum atomic E-state index is -2.89. The predicted octanol–water partition coefficient (Wildman–Crippen LogP) is 7.39. The van der Waals surface area contributed by atoms with Crippen molar-refractivity contribution in [1.82, 2.24) is 10.2 Å². The summed E-state index contributed by atoms with van der Waals surface area (Å²) in [5, 5.41) is 14.7. The molecule has 7 rings (SSSR count). The van der Waals surface area contributed by atoms with E-state index in [2.05, 4.69) is 57.8 Å². The standard InChI is InChI=1S/C43H65FN2O5S/c1-28(27-47)30-12-17-43(45-20-21-46-22-24-52(49,50)25-23-46)19-18-41(5)33(37(30)43)10-11-36-40(4)15-13-32(39(2,3)35(40)14-16-42(36,41)6)29-8-9-31(34(44)26-29)38(48)51-7/h8-9,13,26,28,30,33,35-37,45,47H,10-12,14-25,27H2,1-7H3/t28?,30-,33+,35-,36+,37+,40-,41+,42+,43-/m0/s1. The molecular weight excluding hydrogens is 676 g/mol. The number of carbonyl (C=O) groups is 1. The maximum absolute atomic E-state index is 15.2. The number of rotatable bonds is 8. The zero-order chi connectivity index (χ0) is 37.5. The second-order valence-corrected chi connectivity index (χ2v) is 21.7.